The quantitative estimate of drug-likeness (QED) is 0.764. The van der Waals surface area contributed by atoms with Crippen molar-refractivity contribution >= 4 is 22.5 Å². The van der Waals surface area contributed by atoms with Gasteiger partial charge in [0.2, 0.25) is 5.88 Å². The molecule has 3 aromatic rings. The van der Waals surface area contributed by atoms with E-state index >= 15 is 0 Å². The van der Waals surface area contributed by atoms with Gasteiger partial charge in [-0.1, -0.05) is 24.3 Å². The molecule has 0 aliphatic heterocycles. The molecular weight excluding hydrogens is 347 g/mol. The molecule has 2 aromatic carbocycles. The number of aryl methyl sites for hydroxylation is 1. The summed E-state index contributed by atoms with van der Waals surface area (Å²) in [7, 11) is 0. The number of nitrogens with one attached hydrogen (secondary N) is 1. The number of fused-ring (bicyclic) bond motifs is 1. The van der Waals surface area contributed by atoms with E-state index in [0.717, 1.165) is 6.07 Å². The number of carbonyl (C=O) groups excluding carboxylic acids is 1. The highest BCUT2D eigenvalue weighted by Gasteiger charge is 2.33. The Morgan fingerprint density at radius 2 is 1.77 bits per heavy atom. The largest absolute Gasteiger partial charge is 0.467 e. The number of carbonyl (C=O) groups is 1. The summed E-state index contributed by atoms with van der Waals surface area (Å²) in [4.78, 5) is 20.4. The van der Waals surface area contributed by atoms with Crippen LogP contribution in [0.5, 0.6) is 5.88 Å². The Balaban J connectivity index is 1.75. The van der Waals surface area contributed by atoms with Crippen molar-refractivity contribution in [3.05, 3.63) is 59.9 Å². The molecule has 0 saturated carbocycles. The van der Waals surface area contributed by atoms with Gasteiger partial charge in [-0.3, -0.25) is 4.79 Å². The average molecular weight is 361 g/mol. The van der Waals surface area contributed by atoms with Gasteiger partial charge in [-0.15, -0.1) is 0 Å². The monoisotopic (exact) mass is 361 g/mol. The summed E-state index contributed by atoms with van der Waals surface area (Å²) < 4.78 is 44.3. The van der Waals surface area contributed by atoms with Gasteiger partial charge in [-0.05, 0) is 31.2 Å². The van der Waals surface area contributed by atoms with E-state index in [2.05, 4.69) is 15.3 Å². The summed E-state index contributed by atoms with van der Waals surface area (Å²) in [6, 6.07) is 11.8. The highest BCUT2D eigenvalue weighted by molar-refractivity contribution is 5.93. The van der Waals surface area contributed by atoms with Crippen molar-refractivity contribution in [3.63, 3.8) is 0 Å². The number of nitrogens with zero attached hydrogens (tertiary/aromatic N) is 2. The van der Waals surface area contributed by atoms with E-state index in [4.69, 9.17) is 4.74 Å². The van der Waals surface area contributed by atoms with E-state index in [1.807, 2.05) is 0 Å². The van der Waals surface area contributed by atoms with Crippen LogP contribution in [0, 0.1) is 6.92 Å². The minimum atomic E-state index is -4.56. The summed E-state index contributed by atoms with van der Waals surface area (Å²) in [6.07, 6.45) is -4.56. The Morgan fingerprint density at radius 3 is 2.54 bits per heavy atom. The molecule has 8 heteroatoms. The lowest BCUT2D eigenvalue weighted by atomic mass is 10.1. The van der Waals surface area contributed by atoms with Gasteiger partial charge in [0.1, 0.15) is 5.82 Å². The third-order valence-electron chi connectivity index (χ3n) is 3.53. The van der Waals surface area contributed by atoms with Crippen LogP contribution in [-0.4, -0.2) is 22.5 Å². The lowest BCUT2D eigenvalue weighted by Gasteiger charge is -2.14. The van der Waals surface area contributed by atoms with Crippen molar-refractivity contribution in [3.8, 4) is 5.88 Å². The van der Waals surface area contributed by atoms with Crippen LogP contribution in [0.4, 0.5) is 18.9 Å². The van der Waals surface area contributed by atoms with Crippen molar-refractivity contribution in [2.45, 2.75) is 13.1 Å². The van der Waals surface area contributed by atoms with Crippen molar-refractivity contribution < 1.29 is 22.7 Å². The lowest BCUT2D eigenvalue weighted by Crippen LogP contribution is -2.22. The number of para-hydroxylation sites is 2. The number of ether oxygens (including phenoxy) is 1. The lowest BCUT2D eigenvalue weighted by molar-refractivity contribution is -0.137. The van der Waals surface area contributed by atoms with Crippen molar-refractivity contribution in [2.75, 3.05) is 11.9 Å². The Hall–Kier alpha value is -3.16. The molecule has 1 heterocycles. The SMILES string of the molecule is Cc1nc(OCC(=O)Nc2ccccc2C(F)(F)F)c2ccccc2n1. The zero-order valence-corrected chi connectivity index (χ0v) is 13.7. The minimum absolute atomic E-state index is 0.201. The third-order valence-corrected chi connectivity index (χ3v) is 3.53. The van der Waals surface area contributed by atoms with Crippen LogP contribution in [0.25, 0.3) is 10.9 Å². The molecule has 1 aromatic heterocycles. The van der Waals surface area contributed by atoms with Gasteiger partial charge in [-0.25, -0.2) is 4.98 Å². The molecule has 0 spiro atoms. The van der Waals surface area contributed by atoms with E-state index in [-0.39, 0.29) is 11.6 Å². The standard InChI is InChI=1S/C18H14F3N3O2/c1-11-22-14-8-4-2-6-12(14)17(23-11)26-10-16(25)24-15-9-5-3-7-13(15)18(19,20)21/h2-9H,10H2,1H3,(H,24,25). The molecule has 0 aliphatic carbocycles. The van der Waals surface area contributed by atoms with Crippen LogP contribution in [0.3, 0.4) is 0 Å². The van der Waals surface area contributed by atoms with E-state index in [1.165, 1.54) is 18.2 Å². The predicted octanol–water partition coefficient (Wildman–Crippen LogP) is 3.97. The molecule has 134 valence electrons. The Morgan fingerprint density at radius 1 is 1.08 bits per heavy atom. The molecule has 26 heavy (non-hydrogen) atoms. The number of aromatic nitrogens is 2. The second kappa shape index (κ2) is 6.99. The summed E-state index contributed by atoms with van der Waals surface area (Å²) in [6.45, 7) is 1.20. The molecule has 0 atom stereocenters. The smallest absolute Gasteiger partial charge is 0.418 e. The maximum absolute atomic E-state index is 13.0. The molecule has 0 radical (unpaired) electrons. The van der Waals surface area contributed by atoms with Gasteiger partial charge in [0.15, 0.2) is 6.61 Å². The first-order chi connectivity index (χ1) is 12.3. The second-order valence-corrected chi connectivity index (χ2v) is 5.47. The summed E-state index contributed by atoms with van der Waals surface area (Å²) in [5.74, 6) is -0.0593. The fourth-order valence-electron chi connectivity index (χ4n) is 2.43. The predicted molar refractivity (Wildman–Crippen MR) is 89.8 cm³/mol. The summed E-state index contributed by atoms with van der Waals surface area (Å²) in [5.41, 5.74) is -0.591. The molecule has 3 rings (SSSR count). The molecule has 0 bridgehead atoms. The molecule has 1 N–H and O–H groups in total. The van der Waals surface area contributed by atoms with Gasteiger partial charge >= 0.3 is 6.18 Å². The minimum Gasteiger partial charge on any atom is -0.467 e. The van der Waals surface area contributed by atoms with Crippen LogP contribution < -0.4 is 10.1 Å². The number of halogens is 3. The Kier molecular flexibility index (Phi) is 4.75. The van der Waals surface area contributed by atoms with Gasteiger partial charge in [0.05, 0.1) is 22.2 Å². The van der Waals surface area contributed by atoms with Crippen LogP contribution in [0.2, 0.25) is 0 Å². The number of benzene rings is 2. The fraction of sp³-hybridized carbons (Fsp3) is 0.167. The molecule has 1 amide bonds. The average Bonchev–Trinajstić information content (AvgIpc) is 2.59. The van der Waals surface area contributed by atoms with Crippen LogP contribution in [0.15, 0.2) is 48.5 Å². The summed E-state index contributed by atoms with van der Waals surface area (Å²) in [5, 5.41) is 2.84. The molecule has 0 fully saturated rings. The number of anilines is 1. The van der Waals surface area contributed by atoms with E-state index < -0.39 is 24.3 Å². The molecule has 0 aliphatic rings. The first-order valence-electron chi connectivity index (χ1n) is 7.67. The third kappa shape index (κ3) is 3.90. The highest BCUT2D eigenvalue weighted by atomic mass is 19.4. The van der Waals surface area contributed by atoms with Crippen LogP contribution in [0.1, 0.15) is 11.4 Å². The second-order valence-electron chi connectivity index (χ2n) is 5.47. The number of hydrogen-bond acceptors (Lipinski definition) is 4. The molecular formula is C18H14F3N3O2. The summed E-state index contributed by atoms with van der Waals surface area (Å²) >= 11 is 0. The maximum atomic E-state index is 13.0. The number of alkyl halides is 3. The first-order valence-corrected chi connectivity index (χ1v) is 7.67. The fourth-order valence-corrected chi connectivity index (χ4v) is 2.43. The van der Waals surface area contributed by atoms with E-state index in [9.17, 15) is 18.0 Å². The van der Waals surface area contributed by atoms with Crippen LogP contribution in [-0.2, 0) is 11.0 Å². The van der Waals surface area contributed by atoms with Crippen molar-refractivity contribution in [1.82, 2.24) is 9.97 Å². The number of amides is 1. The van der Waals surface area contributed by atoms with Gasteiger partial charge < -0.3 is 10.1 Å². The number of hydrogen-bond donors (Lipinski definition) is 1. The van der Waals surface area contributed by atoms with Gasteiger partial charge in [-0.2, -0.15) is 18.2 Å². The van der Waals surface area contributed by atoms with Crippen molar-refractivity contribution in [1.29, 1.82) is 0 Å². The first kappa shape index (κ1) is 17.7. The zero-order chi connectivity index (χ0) is 18.7. The zero-order valence-electron chi connectivity index (χ0n) is 13.7. The van der Waals surface area contributed by atoms with Gasteiger partial charge in [0, 0.05) is 0 Å². The Labute approximate surface area is 146 Å². The normalized spacial score (nSPS) is 11.4. The Bertz CT molecular complexity index is 958. The van der Waals surface area contributed by atoms with Gasteiger partial charge in [0.25, 0.3) is 5.91 Å². The molecule has 0 saturated heterocycles. The van der Waals surface area contributed by atoms with Crippen LogP contribution >= 0.6 is 0 Å². The van der Waals surface area contributed by atoms with Crippen molar-refractivity contribution in [2.24, 2.45) is 0 Å². The topological polar surface area (TPSA) is 64.1 Å². The number of rotatable bonds is 4. The molecule has 0 unspecified atom stereocenters. The maximum Gasteiger partial charge on any atom is 0.418 e. The van der Waals surface area contributed by atoms with E-state index in [0.29, 0.717) is 16.7 Å². The molecule has 5 nitrogen and oxygen atoms in total. The van der Waals surface area contributed by atoms with E-state index in [1.54, 1.807) is 31.2 Å². The highest BCUT2D eigenvalue weighted by Crippen LogP contribution is 2.34.